The van der Waals surface area contributed by atoms with Gasteiger partial charge in [-0.1, -0.05) is 28.1 Å². The predicted octanol–water partition coefficient (Wildman–Crippen LogP) is 4.84. The molecule has 0 bridgehead atoms. The molecule has 0 fully saturated rings. The summed E-state index contributed by atoms with van der Waals surface area (Å²) in [5, 5.41) is 0. The molecule has 1 aliphatic rings. The minimum absolute atomic E-state index is 0.0592. The topological polar surface area (TPSA) is 35.5 Å². The molecule has 2 aromatic rings. The van der Waals surface area contributed by atoms with E-state index in [1.807, 2.05) is 25.1 Å². The highest BCUT2D eigenvalue weighted by molar-refractivity contribution is 9.10. The van der Waals surface area contributed by atoms with E-state index >= 15 is 0 Å². The van der Waals surface area contributed by atoms with Gasteiger partial charge in [-0.05, 0) is 61.6 Å². The Morgan fingerprint density at radius 1 is 1.24 bits per heavy atom. The van der Waals surface area contributed by atoms with Gasteiger partial charge in [0, 0.05) is 10.0 Å². The van der Waals surface area contributed by atoms with Gasteiger partial charge in [0.2, 0.25) is 0 Å². The number of benzene rings is 2. The van der Waals surface area contributed by atoms with Crippen LogP contribution in [0.15, 0.2) is 40.9 Å². The van der Waals surface area contributed by atoms with Gasteiger partial charge < -0.3 is 9.47 Å². The van der Waals surface area contributed by atoms with Crippen molar-refractivity contribution in [2.24, 2.45) is 5.92 Å². The molecule has 0 heterocycles. The minimum atomic E-state index is -0.287. The van der Waals surface area contributed by atoms with Gasteiger partial charge in [0.05, 0.1) is 12.5 Å². The average molecular weight is 407 g/mol. The van der Waals surface area contributed by atoms with Gasteiger partial charge in [0.25, 0.3) is 0 Å². The van der Waals surface area contributed by atoms with Gasteiger partial charge in [-0.15, -0.1) is 0 Å². The maximum atomic E-state index is 13.9. The van der Waals surface area contributed by atoms with Crippen molar-refractivity contribution in [3.05, 3.63) is 63.4 Å². The minimum Gasteiger partial charge on any atom is -0.489 e. The van der Waals surface area contributed by atoms with Crippen LogP contribution >= 0.6 is 15.9 Å². The molecule has 5 heteroatoms. The fourth-order valence-corrected chi connectivity index (χ4v) is 3.42. The lowest BCUT2D eigenvalue weighted by molar-refractivity contribution is -0.148. The molecule has 0 spiro atoms. The lowest BCUT2D eigenvalue weighted by atomic mass is 9.84. The number of aryl methyl sites for hydroxylation is 1. The number of hydrogen-bond donors (Lipinski definition) is 0. The summed E-state index contributed by atoms with van der Waals surface area (Å²) in [4.78, 5) is 11.9. The van der Waals surface area contributed by atoms with Crippen molar-refractivity contribution >= 4 is 21.9 Å². The van der Waals surface area contributed by atoms with Crippen LogP contribution in [0.5, 0.6) is 5.75 Å². The Labute approximate surface area is 155 Å². The van der Waals surface area contributed by atoms with Gasteiger partial charge >= 0.3 is 5.97 Å². The first-order chi connectivity index (χ1) is 12.1. The summed E-state index contributed by atoms with van der Waals surface area (Å²) >= 11 is 3.24. The summed E-state index contributed by atoms with van der Waals surface area (Å²) < 4.78 is 25.4. The van der Waals surface area contributed by atoms with E-state index < -0.39 is 0 Å². The van der Waals surface area contributed by atoms with E-state index in [0.717, 1.165) is 24.2 Å². The normalized spacial score (nSPS) is 16.2. The predicted molar refractivity (Wildman–Crippen MR) is 97.0 cm³/mol. The van der Waals surface area contributed by atoms with Gasteiger partial charge in [0.15, 0.2) is 0 Å². The van der Waals surface area contributed by atoms with E-state index in [2.05, 4.69) is 15.9 Å². The van der Waals surface area contributed by atoms with E-state index in [-0.39, 0.29) is 24.3 Å². The largest absolute Gasteiger partial charge is 0.489 e. The average Bonchev–Trinajstić information content (AvgIpc) is 2.60. The number of carbonyl (C=O) groups is 1. The Hall–Kier alpha value is -1.88. The van der Waals surface area contributed by atoms with Crippen molar-refractivity contribution in [2.45, 2.75) is 32.8 Å². The molecular formula is C20H20BrFO3. The summed E-state index contributed by atoms with van der Waals surface area (Å²) in [5.41, 5.74) is 2.86. The molecule has 0 radical (unpaired) electrons. The van der Waals surface area contributed by atoms with Crippen LogP contribution in [0.2, 0.25) is 0 Å². The highest BCUT2D eigenvalue weighted by atomic mass is 79.9. The van der Waals surface area contributed by atoms with Crippen LogP contribution in [-0.4, -0.2) is 12.6 Å². The highest BCUT2D eigenvalue weighted by Gasteiger charge is 2.25. The Kier molecular flexibility index (Phi) is 5.74. The number of rotatable bonds is 5. The summed E-state index contributed by atoms with van der Waals surface area (Å²) in [6, 6.07) is 10.8. The molecule has 0 N–H and O–H groups in total. The third kappa shape index (κ3) is 4.40. The van der Waals surface area contributed by atoms with Crippen molar-refractivity contribution < 1.29 is 18.7 Å². The zero-order valence-corrected chi connectivity index (χ0v) is 15.6. The Balaban J connectivity index is 1.65. The van der Waals surface area contributed by atoms with Crippen LogP contribution < -0.4 is 4.74 Å². The second-order valence-electron chi connectivity index (χ2n) is 6.15. The van der Waals surface area contributed by atoms with Crippen molar-refractivity contribution in [1.29, 1.82) is 0 Å². The molecule has 2 aromatic carbocycles. The number of fused-ring (bicyclic) bond motifs is 1. The number of carbonyl (C=O) groups excluding carboxylic acids is 1. The van der Waals surface area contributed by atoms with Crippen LogP contribution in [0, 0.1) is 11.7 Å². The lowest BCUT2D eigenvalue weighted by Gasteiger charge is -2.23. The van der Waals surface area contributed by atoms with Gasteiger partial charge in [0.1, 0.15) is 18.2 Å². The second kappa shape index (κ2) is 8.00. The van der Waals surface area contributed by atoms with Crippen molar-refractivity contribution in [1.82, 2.24) is 0 Å². The maximum Gasteiger partial charge on any atom is 0.309 e. The van der Waals surface area contributed by atoms with Gasteiger partial charge in [-0.2, -0.15) is 0 Å². The molecule has 0 aliphatic heterocycles. The van der Waals surface area contributed by atoms with E-state index in [9.17, 15) is 9.18 Å². The first kappa shape index (κ1) is 17.9. The molecule has 1 atom stereocenters. The lowest BCUT2D eigenvalue weighted by Crippen LogP contribution is -2.24. The summed E-state index contributed by atoms with van der Waals surface area (Å²) in [6.45, 7) is 2.43. The quantitative estimate of drug-likeness (QED) is 0.666. The van der Waals surface area contributed by atoms with Gasteiger partial charge in [-0.3, -0.25) is 4.79 Å². The summed E-state index contributed by atoms with van der Waals surface area (Å²) in [5.74, 6) is 0.260. The van der Waals surface area contributed by atoms with E-state index in [1.54, 1.807) is 12.1 Å². The molecule has 1 unspecified atom stereocenters. The molecule has 1 aliphatic carbocycles. The molecule has 25 heavy (non-hydrogen) atoms. The Bertz CT molecular complexity index is 776. The number of halogens is 2. The maximum absolute atomic E-state index is 13.9. The highest BCUT2D eigenvalue weighted by Crippen LogP contribution is 2.30. The van der Waals surface area contributed by atoms with Crippen LogP contribution in [-0.2, 0) is 29.0 Å². The molecule has 0 saturated carbocycles. The molecule has 0 saturated heterocycles. The van der Waals surface area contributed by atoms with E-state index in [4.69, 9.17) is 9.47 Å². The van der Waals surface area contributed by atoms with E-state index in [0.29, 0.717) is 23.1 Å². The SMILES string of the molecule is CCOC(=O)C1CCc2cc(OCc3ccc(Br)cc3F)ccc2C1. The third-order valence-corrected chi connectivity index (χ3v) is 4.93. The summed E-state index contributed by atoms with van der Waals surface area (Å²) in [7, 11) is 0. The molecule has 132 valence electrons. The molecule has 0 aromatic heterocycles. The van der Waals surface area contributed by atoms with Crippen LogP contribution in [0.25, 0.3) is 0 Å². The third-order valence-electron chi connectivity index (χ3n) is 4.44. The van der Waals surface area contributed by atoms with Crippen molar-refractivity contribution in [3.8, 4) is 5.75 Å². The van der Waals surface area contributed by atoms with Gasteiger partial charge in [-0.25, -0.2) is 4.39 Å². The Morgan fingerprint density at radius 3 is 2.84 bits per heavy atom. The first-order valence-corrected chi connectivity index (χ1v) is 9.21. The summed E-state index contributed by atoms with van der Waals surface area (Å²) in [6.07, 6.45) is 2.31. The molecule has 3 nitrogen and oxygen atoms in total. The second-order valence-corrected chi connectivity index (χ2v) is 7.06. The smallest absolute Gasteiger partial charge is 0.309 e. The van der Waals surface area contributed by atoms with Crippen LogP contribution in [0.4, 0.5) is 4.39 Å². The zero-order chi connectivity index (χ0) is 17.8. The first-order valence-electron chi connectivity index (χ1n) is 8.42. The molecule has 0 amide bonds. The number of hydrogen-bond acceptors (Lipinski definition) is 3. The van der Waals surface area contributed by atoms with Crippen LogP contribution in [0.1, 0.15) is 30.0 Å². The fraction of sp³-hybridized carbons (Fsp3) is 0.350. The van der Waals surface area contributed by atoms with Crippen molar-refractivity contribution in [2.75, 3.05) is 6.61 Å². The fourth-order valence-electron chi connectivity index (χ4n) is 3.08. The zero-order valence-electron chi connectivity index (χ0n) is 14.1. The van der Waals surface area contributed by atoms with Crippen LogP contribution in [0.3, 0.4) is 0 Å². The number of esters is 1. The van der Waals surface area contributed by atoms with Crippen molar-refractivity contribution in [3.63, 3.8) is 0 Å². The number of ether oxygens (including phenoxy) is 2. The standard InChI is InChI=1S/C20H20BrFO3/c1-2-24-20(23)15-4-3-14-10-18(8-6-13(14)9-15)25-12-16-5-7-17(21)11-19(16)22/h5-8,10-11,15H,2-4,9,12H2,1H3. The molecule has 3 rings (SSSR count). The Morgan fingerprint density at radius 2 is 2.08 bits per heavy atom. The van der Waals surface area contributed by atoms with E-state index in [1.165, 1.54) is 11.6 Å². The molecular weight excluding hydrogens is 387 g/mol. The monoisotopic (exact) mass is 406 g/mol.